The molecule has 2 nitrogen and oxygen atoms in total. The zero-order valence-electron chi connectivity index (χ0n) is 9.50. The molecule has 2 N–H and O–H groups in total. The third-order valence-electron chi connectivity index (χ3n) is 3.34. The number of halogens is 1. The van der Waals surface area contributed by atoms with E-state index in [1.807, 2.05) is 44.3 Å². The van der Waals surface area contributed by atoms with Gasteiger partial charge in [-0.1, -0.05) is 30.7 Å². The Kier molecular flexibility index (Phi) is 2.96. The summed E-state index contributed by atoms with van der Waals surface area (Å²) in [5.41, 5.74) is 0.962. The maximum absolute atomic E-state index is 10.8. The standard InChI is InChI=1S/C13H16ClNO/c1-9-7-15-8-10(2)13(9,16)11-3-5-12(14)6-4-11/h3-7,10,15-16H,8H2,1-2H3. The Labute approximate surface area is 101 Å². The van der Waals surface area contributed by atoms with Gasteiger partial charge < -0.3 is 10.4 Å². The number of rotatable bonds is 1. The summed E-state index contributed by atoms with van der Waals surface area (Å²) in [4.78, 5) is 0. The summed E-state index contributed by atoms with van der Waals surface area (Å²) in [6, 6.07) is 7.41. The van der Waals surface area contributed by atoms with Gasteiger partial charge in [0.2, 0.25) is 0 Å². The molecule has 2 atom stereocenters. The second kappa shape index (κ2) is 4.11. The summed E-state index contributed by atoms with van der Waals surface area (Å²) in [6.45, 7) is 4.76. The van der Waals surface area contributed by atoms with E-state index in [0.717, 1.165) is 17.7 Å². The van der Waals surface area contributed by atoms with Crippen molar-refractivity contribution < 1.29 is 5.11 Å². The minimum atomic E-state index is -0.879. The first-order valence-corrected chi connectivity index (χ1v) is 5.82. The highest BCUT2D eigenvalue weighted by molar-refractivity contribution is 6.30. The van der Waals surface area contributed by atoms with Crippen molar-refractivity contribution in [1.29, 1.82) is 0 Å². The van der Waals surface area contributed by atoms with E-state index in [2.05, 4.69) is 5.32 Å². The van der Waals surface area contributed by atoms with Gasteiger partial charge in [0, 0.05) is 17.5 Å². The van der Waals surface area contributed by atoms with Gasteiger partial charge in [-0.25, -0.2) is 0 Å². The van der Waals surface area contributed by atoms with Crippen LogP contribution in [0.5, 0.6) is 0 Å². The predicted molar refractivity (Wildman–Crippen MR) is 66.3 cm³/mol. The molecular formula is C13H16ClNO. The molecular weight excluding hydrogens is 222 g/mol. The first kappa shape index (κ1) is 11.5. The highest BCUT2D eigenvalue weighted by atomic mass is 35.5. The van der Waals surface area contributed by atoms with E-state index < -0.39 is 5.60 Å². The molecule has 0 saturated heterocycles. The molecule has 3 heteroatoms. The van der Waals surface area contributed by atoms with Crippen molar-refractivity contribution in [3.8, 4) is 0 Å². The topological polar surface area (TPSA) is 32.3 Å². The Hall–Kier alpha value is -0.990. The van der Waals surface area contributed by atoms with Crippen LogP contribution in [-0.2, 0) is 5.60 Å². The monoisotopic (exact) mass is 237 g/mol. The van der Waals surface area contributed by atoms with E-state index in [1.54, 1.807) is 0 Å². The molecule has 0 spiro atoms. The molecule has 86 valence electrons. The van der Waals surface area contributed by atoms with Crippen molar-refractivity contribution in [2.45, 2.75) is 19.4 Å². The van der Waals surface area contributed by atoms with Crippen molar-refractivity contribution in [3.63, 3.8) is 0 Å². The lowest BCUT2D eigenvalue weighted by Gasteiger charge is -2.39. The lowest BCUT2D eigenvalue weighted by atomic mass is 9.76. The smallest absolute Gasteiger partial charge is 0.116 e. The summed E-state index contributed by atoms with van der Waals surface area (Å²) in [6.07, 6.45) is 1.88. The quantitative estimate of drug-likeness (QED) is 0.787. The van der Waals surface area contributed by atoms with Crippen LogP contribution in [0, 0.1) is 5.92 Å². The number of benzene rings is 1. The Balaban J connectivity index is 2.47. The fourth-order valence-corrected chi connectivity index (χ4v) is 2.38. The van der Waals surface area contributed by atoms with Crippen LogP contribution in [0.4, 0.5) is 0 Å². The van der Waals surface area contributed by atoms with Gasteiger partial charge in [-0.3, -0.25) is 0 Å². The van der Waals surface area contributed by atoms with E-state index in [9.17, 15) is 5.11 Å². The fourth-order valence-electron chi connectivity index (χ4n) is 2.25. The summed E-state index contributed by atoms with van der Waals surface area (Å²) in [5, 5.41) is 14.7. The predicted octanol–water partition coefficient (Wildman–Crippen LogP) is 2.67. The molecule has 1 aromatic carbocycles. The third kappa shape index (κ3) is 1.72. The zero-order chi connectivity index (χ0) is 11.8. The summed E-state index contributed by atoms with van der Waals surface area (Å²) in [5.74, 6) is 0.138. The first-order chi connectivity index (χ1) is 7.55. The second-order valence-electron chi connectivity index (χ2n) is 4.41. The van der Waals surface area contributed by atoms with E-state index in [4.69, 9.17) is 11.6 Å². The first-order valence-electron chi connectivity index (χ1n) is 5.44. The van der Waals surface area contributed by atoms with Gasteiger partial charge in [0.05, 0.1) is 0 Å². The van der Waals surface area contributed by atoms with Gasteiger partial charge >= 0.3 is 0 Å². The minimum Gasteiger partial charge on any atom is -0.390 e. The maximum atomic E-state index is 10.8. The molecule has 1 aromatic rings. The number of hydrogen-bond donors (Lipinski definition) is 2. The van der Waals surface area contributed by atoms with Crippen molar-refractivity contribution in [2.75, 3.05) is 6.54 Å². The molecule has 0 amide bonds. The van der Waals surface area contributed by atoms with Gasteiger partial charge in [0.25, 0.3) is 0 Å². The van der Waals surface area contributed by atoms with E-state index in [-0.39, 0.29) is 5.92 Å². The maximum Gasteiger partial charge on any atom is 0.116 e. The van der Waals surface area contributed by atoms with Crippen LogP contribution in [0.15, 0.2) is 36.0 Å². The lowest BCUT2D eigenvalue weighted by molar-refractivity contribution is 0.0144. The van der Waals surface area contributed by atoms with Crippen LogP contribution in [-0.4, -0.2) is 11.7 Å². The molecule has 0 radical (unpaired) electrons. The van der Waals surface area contributed by atoms with Crippen LogP contribution in [0.3, 0.4) is 0 Å². The molecule has 0 fully saturated rings. The van der Waals surface area contributed by atoms with Gasteiger partial charge in [-0.15, -0.1) is 0 Å². The average molecular weight is 238 g/mol. The fraction of sp³-hybridized carbons (Fsp3) is 0.385. The molecule has 0 aliphatic carbocycles. The average Bonchev–Trinajstić information content (AvgIpc) is 2.27. The van der Waals surface area contributed by atoms with Crippen LogP contribution in [0.2, 0.25) is 5.02 Å². The SMILES string of the molecule is CC1=CNCC(C)C1(O)c1ccc(Cl)cc1. The molecule has 2 rings (SSSR count). The van der Waals surface area contributed by atoms with Gasteiger partial charge in [-0.05, 0) is 36.4 Å². The van der Waals surface area contributed by atoms with Gasteiger partial charge in [0.15, 0.2) is 0 Å². The van der Waals surface area contributed by atoms with Crippen LogP contribution in [0.25, 0.3) is 0 Å². The van der Waals surface area contributed by atoms with Gasteiger partial charge in [0.1, 0.15) is 5.60 Å². The molecule has 1 aliphatic heterocycles. The molecule has 0 saturated carbocycles. The van der Waals surface area contributed by atoms with E-state index >= 15 is 0 Å². The van der Waals surface area contributed by atoms with Crippen LogP contribution < -0.4 is 5.32 Å². The number of aliphatic hydroxyl groups is 1. The number of hydrogen-bond acceptors (Lipinski definition) is 2. The van der Waals surface area contributed by atoms with Crippen molar-refractivity contribution in [3.05, 3.63) is 46.6 Å². The zero-order valence-corrected chi connectivity index (χ0v) is 10.3. The normalized spacial score (nSPS) is 29.5. The van der Waals surface area contributed by atoms with E-state index in [0.29, 0.717) is 5.02 Å². The summed E-state index contributed by atoms with van der Waals surface area (Å²) < 4.78 is 0. The molecule has 2 unspecified atom stereocenters. The Bertz CT molecular complexity index is 412. The lowest BCUT2D eigenvalue weighted by Crippen LogP contribution is -2.43. The molecule has 1 aliphatic rings. The van der Waals surface area contributed by atoms with Crippen LogP contribution in [0.1, 0.15) is 19.4 Å². The minimum absolute atomic E-state index is 0.138. The Morgan fingerprint density at radius 1 is 1.38 bits per heavy atom. The van der Waals surface area contributed by atoms with E-state index in [1.165, 1.54) is 0 Å². The third-order valence-corrected chi connectivity index (χ3v) is 3.59. The van der Waals surface area contributed by atoms with Crippen molar-refractivity contribution >= 4 is 11.6 Å². The highest BCUT2D eigenvalue weighted by Crippen LogP contribution is 2.38. The largest absolute Gasteiger partial charge is 0.390 e. The Morgan fingerprint density at radius 3 is 2.56 bits per heavy atom. The molecule has 1 heterocycles. The summed E-state index contributed by atoms with van der Waals surface area (Å²) in [7, 11) is 0. The molecule has 0 bridgehead atoms. The molecule has 16 heavy (non-hydrogen) atoms. The van der Waals surface area contributed by atoms with Crippen LogP contribution >= 0.6 is 11.6 Å². The van der Waals surface area contributed by atoms with Crippen molar-refractivity contribution in [2.24, 2.45) is 5.92 Å². The van der Waals surface area contributed by atoms with Gasteiger partial charge in [-0.2, -0.15) is 0 Å². The highest BCUT2D eigenvalue weighted by Gasteiger charge is 2.39. The molecule has 0 aromatic heterocycles. The Morgan fingerprint density at radius 2 is 2.00 bits per heavy atom. The summed E-state index contributed by atoms with van der Waals surface area (Å²) >= 11 is 5.86. The number of nitrogens with one attached hydrogen (secondary N) is 1. The second-order valence-corrected chi connectivity index (χ2v) is 4.85. The van der Waals surface area contributed by atoms with Crippen molar-refractivity contribution in [1.82, 2.24) is 5.32 Å².